The molecule has 1 N–H and O–H groups in total. The number of benzene rings is 1. The maximum absolute atomic E-state index is 5.88. The second-order valence-corrected chi connectivity index (χ2v) is 6.78. The summed E-state index contributed by atoms with van der Waals surface area (Å²) in [6, 6.07) is 8.99. The van der Waals surface area contributed by atoms with E-state index in [-0.39, 0.29) is 0 Å². The molecule has 1 aromatic rings. The van der Waals surface area contributed by atoms with Gasteiger partial charge in [0.25, 0.3) is 0 Å². The number of ether oxygens (including phenoxy) is 1. The Kier molecular flexibility index (Phi) is 4.84. The van der Waals surface area contributed by atoms with E-state index in [1.165, 1.54) is 57.2 Å². The van der Waals surface area contributed by atoms with Gasteiger partial charge in [-0.15, -0.1) is 0 Å². The molecule has 1 aromatic carbocycles. The highest BCUT2D eigenvalue weighted by Gasteiger charge is 2.42. The Bertz CT molecular complexity index is 459. The minimum absolute atomic E-state index is 0.396. The van der Waals surface area contributed by atoms with Crippen molar-refractivity contribution in [1.29, 1.82) is 0 Å². The van der Waals surface area contributed by atoms with Crippen molar-refractivity contribution in [3.63, 3.8) is 0 Å². The molecule has 0 bridgehead atoms. The first-order chi connectivity index (χ1) is 10.3. The molecule has 0 amide bonds. The minimum Gasteiger partial charge on any atom is -0.494 e. The van der Waals surface area contributed by atoms with Gasteiger partial charge in [-0.3, -0.25) is 0 Å². The van der Waals surface area contributed by atoms with Crippen molar-refractivity contribution < 1.29 is 4.74 Å². The van der Waals surface area contributed by atoms with Crippen LogP contribution in [0.25, 0.3) is 0 Å². The lowest BCUT2D eigenvalue weighted by atomic mass is 9.61. The van der Waals surface area contributed by atoms with Gasteiger partial charge in [-0.05, 0) is 74.2 Å². The predicted octanol–water partition coefficient (Wildman–Crippen LogP) is 4.29. The fourth-order valence-electron chi connectivity index (χ4n) is 4.38. The van der Waals surface area contributed by atoms with E-state index in [2.05, 4.69) is 36.5 Å². The molecule has 1 aliphatic heterocycles. The van der Waals surface area contributed by atoms with E-state index in [0.717, 1.165) is 24.7 Å². The number of fused-ring (bicyclic) bond motifs is 1. The Morgan fingerprint density at radius 2 is 2.14 bits per heavy atom. The van der Waals surface area contributed by atoms with E-state index in [4.69, 9.17) is 4.74 Å². The van der Waals surface area contributed by atoms with Crippen LogP contribution in [-0.2, 0) is 5.41 Å². The van der Waals surface area contributed by atoms with Crippen LogP contribution >= 0.6 is 0 Å². The highest BCUT2D eigenvalue weighted by Crippen LogP contribution is 2.48. The van der Waals surface area contributed by atoms with Crippen molar-refractivity contribution in [2.45, 2.75) is 57.3 Å². The van der Waals surface area contributed by atoms with Crippen LogP contribution < -0.4 is 10.1 Å². The van der Waals surface area contributed by atoms with Gasteiger partial charge in [0, 0.05) is 0 Å². The van der Waals surface area contributed by atoms with Crippen molar-refractivity contribution in [3.05, 3.63) is 29.8 Å². The van der Waals surface area contributed by atoms with Gasteiger partial charge in [-0.2, -0.15) is 0 Å². The monoisotopic (exact) mass is 287 g/mol. The van der Waals surface area contributed by atoms with Crippen LogP contribution in [0.5, 0.6) is 5.75 Å². The van der Waals surface area contributed by atoms with Crippen molar-refractivity contribution in [1.82, 2.24) is 5.32 Å². The van der Waals surface area contributed by atoms with Gasteiger partial charge in [-0.25, -0.2) is 0 Å². The molecule has 1 saturated heterocycles. The van der Waals surface area contributed by atoms with Crippen LogP contribution in [0.3, 0.4) is 0 Å². The molecule has 2 nitrogen and oxygen atoms in total. The van der Waals surface area contributed by atoms with Gasteiger partial charge in [-0.1, -0.05) is 31.9 Å². The SMILES string of the molecule is CCCOc1cccc([C@@]23CCCC[C@H]2CNCCC3)c1. The summed E-state index contributed by atoms with van der Waals surface area (Å²) in [7, 11) is 0. The molecule has 2 heteroatoms. The molecule has 116 valence electrons. The lowest BCUT2D eigenvalue weighted by Gasteiger charge is -2.44. The summed E-state index contributed by atoms with van der Waals surface area (Å²) in [5.41, 5.74) is 1.93. The fourth-order valence-corrected chi connectivity index (χ4v) is 4.38. The summed E-state index contributed by atoms with van der Waals surface area (Å²) in [4.78, 5) is 0. The third-order valence-electron chi connectivity index (χ3n) is 5.46. The van der Waals surface area contributed by atoms with Crippen LogP contribution in [0.1, 0.15) is 57.4 Å². The van der Waals surface area contributed by atoms with E-state index >= 15 is 0 Å². The molecular formula is C19H29NO. The zero-order valence-corrected chi connectivity index (χ0v) is 13.4. The molecule has 3 rings (SSSR count). The van der Waals surface area contributed by atoms with Crippen LogP contribution in [0.2, 0.25) is 0 Å². The zero-order valence-electron chi connectivity index (χ0n) is 13.4. The molecule has 1 aliphatic carbocycles. The van der Waals surface area contributed by atoms with Crippen molar-refractivity contribution >= 4 is 0 Å². The second kappa shape index (κ2) is 6.83. The molecule has 1 heterocycles. The Morgan fingerprint density at radius 1 is 1.24 bits per heavy atom. The summed E-state index contributed by atoms with van der Waals surface area (Å²) in [6.07, 6.45) is 9.24. The van der Waals surface area contributed by atoms with Crippen LogP contribution in [0.15, 0.2) is 24.3 Å². The Balaban J connectivity index is 1.90. The molecule has 0 radical (unpaired) electrons. The number of hydrogen-bond donors (Lipinski definition) is 1. The first-order valence-corrected chi connectivity index (χ1v) is 8.79. The van der Waals surface area contributed by atoms with Crippen molar-refractivity contribution in [2.24, 2.45) is 5.92 Å². The molecule has 21 heavy (non-hydrogen) atoms. The van der Waals surface area contributed by atoms with Crippen LogP contribution in [0.4, 0.5) is 0 Å². The average molecular weight is 287 g/mol. The first-order valence-electron chi connectivity index (χ1n) is 8.79. The lowest BCUT2D eigenvalue weighted by Crippen LogP contribution is -2.40. The summed E-state index contributed by atoms with van der Waals surface area (Å²) in [6.45, 7) is 5.36. The molecule has 2 atom stereocenters. The summed E-state index contributed by atoms with van der Waals surface area (Å²) < 4.78 is 5.88. The van der Waals surface area contributed by atoms with Gasteiger partial charge < -0.3 is 10.1 Å². The zero-order chi connectivity index (χ0) is 14.5. The third-order valence-corrected chi connectivity index (χ3v) is 5.46. The number of nitrogens with one attached hydrogen (secondary N) is 1. The molecule has 2 aliphatic rings. The second-order valence-electron chi connectivity index (χ2n) is 6.78. The molecule has 0 spiro atoms. The third kappa shape index (κ3) is 3.11. The van der Waals surface area contributed by atoms with E-state index < -0.39 is 0 Å². The molecule has 0 aromatic heterocycles. The van der Waals surface area contributed by atoms with E-state index in [1.807, 2.05) is 0 Å². The van der Waals surface area contributed by atoms with Crippen LogP contribution in [-0.4, -0.2) is 19.7 Å². The molecule has 2 fully saturated rings. The van der Waals surface area contributed by atoms with Crippen molar-refractivity contribution in [3.8, 4) is 5.75 Å². The normalized spacial score (nSPS) is 29.5. The lowest BCUT2D eigenvalue weighted by molar-refractivity contribution is 0.180. The average Bonchev–Trinajstić information content (AvgIpc) is 2.76. The quantitative estimate of drug-likeness (QED) is 0.892. The highest BCUT2D eigenvalue weighted by atomic mass is 16.5. The Labute approximate surface area is 129 Å². The molecular weight excluding hydrogens is 258 g/mol. The van der Waals surface area contributed by atoms with Crippen LogP contribution in [0, 0.1) is 5.92 Å². The summed E-state index contributed by atoms with van der Waals surface area (Å²) in [5, 5.41) is 3.66. The fraction of sp³-hybridized carbons (Fsp3) is 0.684. The van der Waals surface area contributed by atoms with Gasteiger partial charge in [0.2, 0.25) is 0 Å². The minimum atomic E-state index is 0.396. The van der Waals surface area contributed by atoms with E-state index in [9.17, 15) is 0 Å². The predicted molar refractivity (Wildman–Crippen MR) is 88.0 cm³/mol. The maximum Gasteiger partial charge on any atom is 0.119 e. The Hall–Kier alpha value is -1.02. The summed E-state index contributed by atoms with van der Waals surface area (Å²) >= 11 is 0. The highest BCUT2D eigenvalue weighted by molar-refractivity contribution is 5.35. The van der Waals surface area contributed by atoms with Crippen molar-refractivity contribution in [2.75, 3.05) is 19.7 Å². The summed E-state index contributed by atoms with van der Waals surface area (Å²) in [5.74, 6) is 1.86. The first kappa shape index (κ1) is 14.9. The topological polar surface area (TPSA) is 21.3 Å². The van der Waals surface area contributed by atoms with Gasteiger partial charge >= 0.3 is 0 Å². The standard InChI is InChI=1S/C19H29NO/c1-2-13-21-18-9-5-8-16(14-18)19-10-4-3-7-17(19)15-20-12-6-11-19/h5,8-9,14,17,20H,2-4,6-7,10-13,15H2,1H3/t17-,19-/m0/s1. The Morgan fingerprint density at radius 3 is 3.05 bits per heavy atom. The number of rotatable bonds is 4. The van der Waals surface area contributed by atoms with Gasteiger partial charge in [0.1, 0.15) is 5.75 Å². The smallest absolute Gasteiger partial charge is 0.119 e. The largest absolute Gasteiger partial charge is 0.494 e. The molecule has 1 saturated carbocycles. The maximum atomic E-state index is 5.88. The van der Waals surface area contributed by atoms with Gasteiger partial charge in [0.05, 0.1) is 6.61 Å². The number of hydrogen-bond acceptors (Lipinski definition) is 2. The van der Waals surface area contributed by atoms with E-state index in [0.29, 0.717) is 5.41 Å². The molecule has 0 unspecified atom stereocenters. The van der Waals surface area contributed by atoms with Gasteiger partial charge in [0.15, 0.2) is 0 Å². The van der Waals surface area contributed by atoms with E-state index in [1.54, 1.807) is 0 Å².